The van der Waals surface area contributed by atoms with Gasteiger partial charge < -0.3 is 0 Å². The predicted molar refractivity (Wildman–Crippen MR) is 73.4 cm³/mol. The Morgan fingerprint density at radius 1 is 1.00 bits per heavy atom. The highest BCUT2D eigenvalue weighted by molar-refractivity contribution is 7.80. The van der Waals surface area contributed by atoms with Gasteiger partial charge in [0, 0.05) is 0 Å². The van der Waals surface area contributed by atoms with E-state index in [1.165, 1.54) is 0 Å². The molecule has 0 radical (unpaired) electrons. The average Bonchev–Trinajstić information content (AvgIpc) is 2.02. The quantitative estimate of drug-likeness (QED) is 0.557. The molecule has 0 spiro atoms. The van der Waals surface area contributed by atoms with Crippen LogP contribution in [-0.4, -0.2) is 24.4 Å². The Balaban J connectivity index is 4.97. The van der Waals surface area contributed by atoms with Crippen LogP contribution in [0.25, 0.3) is 0 Å². The monoisotopic (exact) mass is 231 g/mol. The van der Waals surface area contributed by atoms with Gasteiger partial charge in [-0.3, -0.25) is 4.90 Å². The first-order valence-electron chi connectivity index (χ1n) is 5.96. The minimum atomic E-state index is 0.324. The zero-order chi connectivity index (χ0) is 12.4. The van der Waals surface area contributed by atoms with Gasteiger partial charge in [-0.25, -0.2) is 0 Å². The number of nitrogens with zero attached hydrogens (tertiary/aromatic N) is 1. The van der Waals surface area contributed by atoms with E-state index in [-0.39, 0.29) is 0 Å². The summed E-state index contributed by atoms with van der Waals surface area (Å²) in [6, 6.07) is 0. The molecule has 0 aliphatic carbocycles. The SMILES string of the molecule is CC(C)C(C(S)N(C)C)C(C)(C)C(C)C. The number of thiol groups is 1. The van der Waals surface area contributed by atoms with Crippen molar-refractivity contribution >= 4 is 12.6 Å². The molecule has 0 aliphatic rings. The lowest BCUT2D eigenvalue weighted by molar-refractivity contribution is 0.0606. The molecule has 0 saturated heterocycles. The number of hydrogen-bond donors (Lipinski definition) is 1. The number of rotatable bonds is 5. The first-order valence-corrected chi connectivity index (χ1v) is 6.48. The molecule has 0 rings (SSSR count). The minimum absolute atomic E-state index is 0.324. The fraction of sp³-hybridized carbons (Fsp3) is 1.00. The van der Waals surface area contributed by atoms with Crippen molar-refractivity contribution in [3.8, 4) is 0 Å². The fourth-order valence-corrected chi connectivity index (χ4v) is 3.02. The Morgan fingerprint density at radius 2 is 1.40 bits per heavy atom. The van der Waals surface area contributed by atoms with Crippen molar-refractivity contribution in [1.82, 2.24) is 4.90 Å². The lowest BCUT2D eigenvalue weighted by Gasteiger charge is -2.45. The van der Waals surface area contributed by atoms with E-state index in [1.54, 1.807) is 0 Å². The summed E-state index contributed by atoms with van der Waals surface area (Å²) in [5.41, 5.74) is 0.324. The van der Waals surface area contributed by atoms with Gasteiger partial charge in [-0.2, -0.15) is 12.6 Å². The van der Waals surface area contributed by atoms with E-state index in [0.717, 1.165) is 0 Å². The average molecular weight is 231 g/mol. The molecule has 0 fully saturated rings. The molecule has 0 aromatic carbocycles. The maximum Gasteiger partial charge on any atom is 0.0558 e. The summed E-state index contributed by atoms with van der Waals surface area (Å²) >= 11 is 4.77. The Bertz CT molecular complexity index is 185. The maximum atomic E-state index is 4.77. The van der Waals surface area contributed by atoms with E-state index in [0.29, 0.717) is 28.5 Å². The van der Waals surface area contributed by atoms with E-state index in [2.05, 4.69) is 60.5 Å². The molecule has 0 heterocycles. The summed E-state index contributed by atoms with van der Waals surface area (Å²) in [4.78, 5) is 2.22. The first kappa shape index (κ1) is 15.3. The maximum absolute atomic E-state index is 4.77. The summed E-state index contributed by atoms with van der Waals surface area (Å²) in [6.45, 7) is 14.0. The molecule has 92 valence electrons. The second kappa shape index (κ2) is 5.58. The molecule has 15 heavy (non-hydrogen) atoms. The van der Waals surface area contributed by atoms with Crippen LogP contribution in [0.3, 0.4) is 0 Å². The van der Waals surface area contributed by atoms with Crippen LogP contribution >= 0.6 is 12.6 Å². The highest BCUT2D eigenvalue weighted by Gasteiger charge is 2.39. The van der Waals surface area contributed by atoms with Gasteiger partial charge in [0.05, 0.1) is 5.37 Å². The molecule has 0 saturated carbocycles. The molecule has 0 N–H and O–H groups in total. The third-order valence-electron chi connectivity index (χ3n) is 3.92. The standard InChI is InChI=1S/C13H29NS/c1-9(2)11(12(15)14(7)8)13(5,6)10(3)4/h9-12,15H,1-8H3. The van der Waals surface area contributed by atoms with Gasteiger partial charge >= 0.3 is 0 Å². The van der Waals surface area contributed by atoms with Crippen LogP contribution in [0.4, 0.5) is 0 Å². The summed E-state index contributed by atoms with van der Waals surface area (Å²) in [7, 11) is 4.23. The van der Waals surface area contributed by atoms with E-state index in [9.17, 15) is 0 Å². The van der Waals surface area contributed by atoms with E-state index in [4.69, 9.17) is 12.6 Å². The third-order valence-corrected chi connectivity index (χ3v) is 4.70. The second-order valence-corrected chi connectivity index (χ2v) is 6.65. The van der Waals surface area contributed by atoms with E-state index >= 15 is 0 Å². The van der Waals surface area contributed by atoms with E-state index in [1.807, 2.05) is 0 Å². The molecule has 0 amide bonds. The Labute approximate surface area is 102 Å². The predicted octanol–water partition coefficient (Wildman–Crippen LogP) is 3.76. The molecule has 1 nitrogen and oxygen atoms in total. The largest absolute Gasteiger partial charge is 0.298 e. The molecule has 2 atom stereocenters. The summed E-state index contributed by atoms with van der Waals surface area (Å²) in [5.74, 6) is 1.95. The van der Waals surface area contributed by atoms with Crippen molar-refractivity contribution < 1.29 is 0 Å². The molecule has 2 unspecified atom stereocenters. The molecular weight excluding hydrogens is 202 g/mol. The Hall–Kier alpha value is 0.310. The van der Waals surface area contributed by atoms with Crippen LogP contribution in [0.15, 0.2) is 0 Å². The molecule has 0 aromatic rings. The van der Waals surface area contributed by atoms with Crippen molar-refractivity contribution in [2.24, 2.45) is 23.2 Å². The summed E-state index contributed by atoms with van der Waals surface area (Å²) in [6.07, 6.45) is 0. The number of hydrogen-bond acceptors (Lipinski definition) is 2. The van der Waals surface area contributed by atoms with Crippen LogP contribution in [-0.2, 0) is 0 Å². The highest BCUT2D eigenvalue weighted by Crippen LogP contribution is 2.43. The van der Waals surface area contributed by atoms with Crippen molar-refractivity contribution in [3.05, 3.63) is 0 Å². The third kappa shape index (κ3) is 3.67. The van der Waals surface area contributed by atoms with E-state index < -0.39 is 0 Å². The van der Waals surface area contributed by atoms with Crippen LogP contribution in [0, 0.1) is 23.2 Å². The summed E-state index contributed by atoms with van der Waals surface area (Å²) < 4.78 is 0. The van der Waals surface area contributed by atoms with Crippen LogP contribution in [0.5, 0.6) is 0 Å². The minimum Gasteiger partial charge on any atom is -0.298 e. The zero-order valence-electron chi connectivity index (χ0n) is 11.7. The zero-order valence-corrected chi connectivity index (χ0v) is 12.6. The van der Waals surface area contributed by atoms with Crippen LogP contribution < -0.4 is 0 Å². The normalized spacial score (nSPS) is 17.6. The van der Waals surface area contributed by atoms with Gasteiger partial charge in [0.15, 0.2) is 0 Å². The Morgan fingerprint density at radius 3 is 1.60 bits per heavy atom. The van der Waals surface area contributed by atoms with Gasteiger partial charge in [-0.1, -0.05) is 41.5 Å². The molecular formula is C13H29NS. The van der Waals surface area contributed by atoms with Crippen molar-refractivity contribution in [2.45, 2.75) is 46.9 Å². The topological polar surface area (TPSA) is 3.24 Å². The molecule has 0 aliphatic heterocycles. The van der Waals surface area contributed by atoms with Crippen LogP contribution in [0.2, 0.25) is 0 Å². The lowest BCUT2D eigenvalue weighted by atomic mass is 9.66. The van der Waals surface area contributed by atoms with Gasteiger partial charge in [0.2, 0.25) is 0 Å². The Kier molecular flexibility index (Phi) is 5.70. The highest BCUT2D eigenvalue weighted by atomic mass is 32.1. The van der Waals surface area contributed by atoms with Gasteiger partial charge in [0.1, 0.15) is 0 Å². The van der Waals surface area contributed by atoms with Crippen molar-refractivity contribution in [3.63, 3.8) is 0 Å². The summed E-state index contributed by atoms with van der Waals surface area (Å²) in [5, 5.41) is 0.336. The molecule has 0 bridgehead atoms. The van der Waals surface area contributed by atoms with Crippen molar-refractivity contribution in [1.29, 1.82) is 0 Å². The van der Waals surface area contributed by atoms with Gasteiger partial charge in [-0.05, 0) is 37.3 Å². The fourth-order valence-electron chi connectivity index (χ4n) is 2.29. The van der Waals surface area contributed by atoms with Gasteiger partial charge in [0.25, 0.3) is 0 Å². The first-order chi connectivity index (χ1) is 6.62. The molecule has 2 heteroatoms. The van der Waals surface area contributed by atoms with Crippen LogP contribution in [0.1, 0.15) is 41.5 Å². The van der Waals surface area contributed by atoms with Crippen molar-refractivity contribution in [2.75, 3.05) is 14.1 Å². The molecule has 0 aromatic heterocycles. The smallest absolute Gasteiger partial charge is 0.0558 e. The van der Waals surface area contributed by atoms with Gasteiger partial charge in [-0.15, -0.1) is 0 Å². The second-order valence-electron chi connectivity index (χ2n) is 6.12. The lowest BCUT2D eigenvalue weighted by Crippen LogP contribution is -2.44.